The Kier molecular flexibility index (Phi) is 9.23. The van der Waals surface area contributed by atoms with Crippen LogP contribution in [0.1, 0.15) is 66.0 Å². The van der Waals surface area contributed by atoms with Crippen molar-refractivity contribution in [2.75, 3.05) is 52.1 Å². The van der Waals surface area contributed by atoms with Crippen LogP contribution in [0.25, 0.3) is 0 Å². The van der Waals surface area contributed by atoms with E-state index in [4.69, 9.17) is 4.98 Å². The van der Waals surface area contributed by atoms with E-state index in [0.717, 1.165) is 57.7 Å². The Bertz CT molecular complexity index is 1290. The molecule has 2 aliphatic carbocycles. The number of aromatic nitrogens is 1. The van der Waals surface area contributed by atoms with Crippen molar-refractivity contribution in [3.63, 3.8) is 0 Å². The Labute approximate surface area is 254 Å². The highest BCUT2D eigenvalue weighted by molar-refractivity contribution is 7.15. The van der Waals surface area contributed by atoms with Crippen LogP contribution in [0.3, 0.4) is 0 Å². The SMILES string of the molecule is C=CCN(C)C(=O)[C@@H](C)[C@H]1CC[C@@]2(C)Cc3sc(NC(=O)c4ccc(CN5CCN(C)CC5)cc4)nc3[C@@H](C)[C@@H]2[C@H]1O. The summed E-state index contributed by atoms with van der Waals surface area (Å²) in [6, 6.07) is 7.90. The molecular formula is C33H47N5O3S. The largest absolute Gasteiger partial charge is 0.392 e. The number of aliphatic hydroxyl groups is 1. The average molecular weight is 594 g/mol. The van der Waals surface area contributed by atoms with E-state index in [9.17, 15) is 14.7 Å². The molecule has 3 aliphatic rings. The maximum atomic E-state index is 13.2. The highest BCUT2D eigenvalue weighted by atomic mass is 32.1. The van der Waals surface area contributed by atoms with E-state index >= 15 is 0 Å². The predicted octanol–water partition coefficient (Wildman–Crippen LogP) is 4.48. The number of carbonyl (C=O) groups excluding carboxylic acids is 2. The van der Waals surface area contributed by atoms with Gasteiger partial charge in [0.15, 0.2) is 5.13 Å². The monoisotopic (exact) mass is 593 g/mol. The third-order valence-corrected chi connectivity index (χ3v) is 11.2. The molecule has 1 saturated carbocycles. The highest BCUT2D eigenvalue weighted by Crippen LogP contribution is 2.57. The number of aliphatic hydroxyl groups excluding tert-OH is 1. The number of nitrogens with one attached hydrogen (secondary N) is 1. The lowest BCUT2D eigenvalue weighted by Crippen LogP contribution is -2.53. The molecule has 2 heterocycles. The van der Waals surface area contributed by atoms with E-state index in [0.29, 0.717) is 17.2 Å². The summed E-state index contributed by atoms with van der Waals surface area (Å²) in [4.78, 5) is 38.8. The fraction of sp³-hybridized carbons (Fsp3) is 0.606. The predicted molar refractivity (Wildman–Crippen MR) is 169 cm³/mol. The molecule has 0 bridgehead atoms. The summed E-state index contributed by atoms with van der Waals surface area (Å²) >= 11 is 1.56. The molecule has 9 heteroatoms. The fourth-order valence-corrected chi connectivity index (χ4v) is 8.87. The quantitative estimate of drug-likeness (QED) is 0.439. The summed E-state index contributed by atoms with van der Waals surface area (Å²) in [5.74, 6) is -0.426. The number of rotatable bonds is 8. The van der Waals surface area contributed by atoms with Gasteiger partial charge in [0.25, 0.3) is 5.91 Å². The van der Waals surface area contributed by atoms with Gasteiger partial charge in [0, 0.05) is 68.6 Å². The molecule has 2 aromatic rings. The normalized spacial score (nSPS) is 28.8. The second-order valence-corrected chi connectivity index (χ2v) is 14.3. The lowest BCUT2D eigenvalue weighted by Gasteiger charge is -2.53. The first kappa shape index (κ1) is 30.9. The Morgan fingerprint density at radius 3 is 2.62 bits per heavy atom. The molecule has 0 spiro atoms. The first-order valence-electron chi connectivity index (χ1n) is 15.4. The van der Waals surface area contributed by atoms with Crippen LogP contribution in [0, 0.1) is 23.2 Å². The molecule has 1 saturated heterocycles. The number of benzene rings is 1. The molecule has 0 unspecified atom stereocenters. The van der Waals surface area contributed by atoms with Gasteiger partial charge in [0.1, 0.15) is 0 Å². The van der Waals surface area contributed by atoms with E-state index in [2.05, 4.69) is 42.6 Å². The van der Waals surface area contributed by atoms with Crippen molar-refractivity contribution in [3.8, 4) is 0 Å². The van der Waals surface area contributed by atoms with Crippen LogP contribution < -0.4 is 5.32 Å². The molecule has 2 amide bonds. The molecule has 42 heavy (non-hydrogen) atoms. The Morgan fingerprint density at radius 1 is 1.26 bits per heavy atom. The van der Waals surface area contributed by atoms with Gasteiger partial charge < -0.3 is 14.9 Å². The van der Waals surface area contributed by atoms with Crippen LogP contribution in [0.5, 0.6) is 0 Å². The van der Waals surface area contributed by atoms with Crippen LogP contribution in [0.2, 0.25) is 0 Å². The van der Waals surface area contributed by atoms with Crippen molar-refractivity contribution in [2.45, 2.75) is 58.6 Å². The molecule has 8 nitrogen and oxygen atoms in total. The van der Waals surface area contributed by atoms with Crippen molar-refractivity contribution in [1.82, 2.24) is 19.7 Å². The minimum absolute atomic E-state index is 0.00205. The molecule has 2 N–H and O–H groups in total. The molecular weight excluding hydrogens is 546 g/mol. The average Bonchev–Trinajstić information content (AvgIpc) is 3.35. The minimum atomic E-state index is -0.591. The molecule has 228 valence electrons. The van der Waals surface area contributed by atoms with Gasteiger partial charge in [-0.05, 0) is 61.3 Å². The Morgan fingerprint density at radius 2 is 1.95 bits per heavy atom. The summed E-state index contributed by atoms with van der Waals surface area (Å²) in [5.41, 5.74) is 2.73. The van der Waals surface area contributed by atoms with E-state index in [1.807, 2.05) is 31.2 Å². The molecule has 0 radical (unpaired) electrons. The topological polar surface area (TPSA) is 89.0 Å². The summed E-state index contributed by atoms with van der Waals surface area (Å²) in [6.45, 7) is 15.8. The zero-order valence-corrected chi connectivity index (χ0v) is 26.6. The zero-order chi connectivity index (χ0) is 30.2. The van der Waals surface area contributed by atoms with Gasteiger partial charge in [-0.15, -0.1) is 17.9 Å². The number of fused-ring (bicyclic) bond motifs is 2. The second-order valence-electron chi connectivity index (χ2n) is 13.2. The van der Waals surface area contributed by atoms with Crippen LogP contribution in [0.4, 0.5) is 5.13 Å². The molecule has 1 aromatic heterocycles. The van der Waals surface area contributed by atoms with E-state index in [1.165, 1.54) is 10.4 Å². The summed E-state index contributed by atoms with van der Waals surface area (Å²) in [7, 11) is 3.95. The Hall–Kier alpha value is -2.59. The summed E-state index contributed by atoms with van der Waals surface area (Å²) in [5, 5.41) is 15.4. The number of carbonyl (C=O) groups is 2. The van der Waals surface area contributed by atoms with Crippen LogP contribution in [-0.2, 0) is 17.8 Å². The van der Waals surface area contributed by atoms with Gasteiger partial charge in [-0.25, -0.2) is 4.98 Å². The second kappa shape index (κ2) is 12.6. The minimum Gasteiger partial charge on any atom is -0.392 e. The number of hydrogen-bond acceptors (Lipinski definition) is 7. The molecule has 1 aliphatic heterocycles. The maximum Gasteiger partial charge on any atom is 0.257 e. The number of likely N-dealkylation sites (N-methyl/N-ethyl adjacent to an activating group) is 2. The van der Waals surface area contributed by atoms with Gasteiger partial charge in [-0.2, -0.15) is 0 Å². The summed E-state index contributed by atoms with van der Waals surface area (Å²) < 4.78 is 0. The van der Waals surface area contributed by atoms with Crippen molar-refractivity contribution >= 4 is 28.3 Å². The molecule has 1 aromatic carbocycles. The summed E-state index contributed by atoms with van der Waals surface area (Å²) in [6.07, 6.45) is 3.73. The number of amides is 2. The number of thiazole rings is 1. The standard InChI is InChI=1S/C33H47N5O3S/c1-7-14-37(6)31(41)21(2)25-12-13-33(4)19-26-28(22(3)27(33)29(25)39)34-32(42-26)35-30(40)24-10-8-23(9-11-24)20-38-17-15-36(5)16-18-38/h7-11,21-22,25,27,29,39H,1,12-20H2,2-6H3,(H,34,35,40)/t21-,22-,25+,27+,29-,33-/m0/s1. The van der Waals surface area contributed by atoms with E-state index in [-0.39, 0.29) is 40.9 Å². The van der Waals surface area contributed by atoms with Crippen LogP contribution in [0.15, 0.2) is 36.9 Å². The molecule has 6 atom stereocenters. The zero-order valence-electron chi connectivity index (χ0n) is 25.8. The maximum absolute atomic E-state index is 13.2. The van der Waals surface area contributed by atoms with Crippen molar-refractivity contribution in [3.05, 3.63) is 58.6 Å². The van der Waals surface area contributed by atoms with Gasteiger partial charge in [0.05, 0.1) is 11.8 Å². The smallest absolute Gasteiger partial charge is 0.257 e. The molecule has 5 rings (SSSR count). The number of piperazine rings is 1. The van der Waals surface area contributed by atoms with Gasteiger partial charge in [-0.3, -0.25) is 19.8 Å². The lowest BCUT2D eigenvalue weighted by molar-refractivity contribution is -0.143. The van der Waals surface area contributed by atoms with Gasteiger partial charge in [0.2, 0.25) is 5.91 Å². The Balaban J connectivity index is 1.25. The van der Waals surface area contributed by atoms with Gasteiger partial charge >= 0.3 is 0 Å². The van der Waals surface area contributed by atoms with Crippen LogP contribution in [-0.4, -0.2) is 89.5 Å². The third-order valence-electron chi connectivity index (χ3n) is 10.2. The highest BCUT2D eigenvalue weighted by Gasteiger charge is 2.54. The van der Waals surface area contributed by atoms with E-state index < -0.39 is 6.10 Å². The third kappa shape index (κ3) is 6.20. The van der Waals surface area contributed by atoms with Crippen LogP contribution >= 0.6 is 11.3 Å². The fourth-order valence-electron chi connectivity index (χ4n) is 7.61. The van der Waals surface area contributed by atoms with Crippen molar-refractivity contribution < 1.29 is 14.7 Å². The lowest BCUT2D eigenvalue weighted by atomic mass is 9.53. The number of hydrogen-bond donors (Lipinski definition) is 2. The first-order valence-corrected chi connectivity index (χ1v) is 16.2. The molecule has 2 fully saturated rings. The van der Waals surface area contributed by atoms with Crippen molar-refractivity contribution in [2.24, 2.45) is 23.2 Å². The number of anilines is 1. The number of nitrogens with zero attached hydrogens (tertiary/aromatic N) is 4. The van der Waals surface area contributed by atoms with E-state index in [1.54, 1.807) is 29.4 Å². The first-order chi connectivity index (χ1) is 20.0. The van der Waals surface area contributed by atoms with Gasteiger partial charge in [-0.1, -0.05) is 39.0 Å². The van der Waals surface area contributed by atoms with Crippen molar-refractivity contribution in [1.29, 1.82) is 0 Å².